The van der Waals surface area contributed by atoms with Crippen molar-refractivity contribution in [2.75, 3.05) is 32.2 Å². The molecule has 2 atom stereocenters. The lowest BCUT2D eigenvalue weighted by atomic mass is 9.48. The smallest absolute Gasteiger partial charge is 0.339 e. The summed E-state index contributed by atoms with van der Waals surface area (Å²) in [5.41, 5.74) is 1.30. The SMILES string of the molecule is C=C(C)C(=O)COC(=O)c1ccc(C(C)(C)c2ccc(C(=O)OCC(=O)C(=C)C)c(C(=O)Nc3ccc(C(=O)OC45CC6CC(CC(COC(=O)c7ccc(C)cc7)(C6)C4)C5)cc3)c2)cc1C(=O)NC. The summed E-state index contributed by atoms with van der Waals surface area (Å²) in [6.45, 7) is 14.9. The molecular formula is C56H58N2O12. The van der Waals surface area contributed by atoms with Crippen LogP contribution in [-0.4, -0.2) is 79.7 Å². The Balaban J connectivity index is 1.09. The van der Waals surface area contributed by atoms with E-state index in [0.29, 0.717) is 40.6 Å². The van der Waals surface area contributed by atoms with Gasteiger partial charge < -0.3 is 29.6 Å². The number of anilines is 1. The van der Waals surface area contributed by atoms with E-state index in [4.69, 9.17) is 18.9 Å². The van der Waals surface area contributed by atoms with Crippen molar-refractivity contribution in [1.82, 2.24) is 5.32 Å². The Bertz CT molecular complexity index is 2810. The molecule has 4 aromatic carbocycles. The molecule has 2 N–H and O–H groups in total. The molecule has 8 rings (SSSR count). The summed E-state index contributed by atoms with van der Waals surface area (Å²) in [5, 5.41) is 5.34. The monoisotopic (exact) mass is 950 g/mol. The molecule has 70 heavy (non-hydrogen) atoms. The molecule has 0 aliphatic heterocycles. The molecule has 4 saturated carbocycles. The van der Waals surface area contributed by atoms with Gasteiger partial charge in [0.2, 0.25) is 0 Å². The van der Waals surface area contributed by atoms with Gasteiger partial charge in [0.1, 0.15) is 5.60 Å². The fourth-order valence-electron chi connectivity index (χ4n) is 10.4. The van der Waals surface area contributed by atoms with Crippen LogP contribution in [0.25, 0.3) is 0 Å². The van der Waals surface area contributed by atoms with E-state index in [9.17, 15) is 38.4 Å². The second-order valence-corrected chi connectivity index (χ2v) is 19.8. The first-order valence-corrected chi connectivity index (χ1v) is 23.2. The summed E-state index contributed by atoms with van der Waals surface area (Å²) in [5.74, 6) is -4.26. The molecule has 4 aliphatic rings. The molecule has 364 valence electrons. The van der Waals surface area contributed by atoms with E-state index in [1.54, 1.807) is 48.5 Å². The molecule has 4 bridgehead atoms. The van der Waals surface area contributed by atoms with E-state index < -0.39 is 65.5 Å². The second kappa shape index (κ2) is 20.2. The van der Waals surface area contributed by atoms with Crippen molar-refractivity contribution in [2.24, 2.45) is 17.3 Å². The van der Waals surface area contributed by atoms with E-state index in [1.165, 1.54) is 45.2 Å². The van der Waals surface area contributed by atoms with Crippen LogP contribution in [0, 0.1) is 24.2 Å². The van der Waals surface area contributed by atoms with Crippen molar-refractivity contribution >= 4 is 52.9 Å². The van der Waals surface area contributed by atoms with Gasteiger partial charge in [-0.2, -0.15) is 0 Å². The minimum Gasteiger partial charge on any atom is -0.462 e. The van der Waals surface area contributed by atoms with Gasteiger partial charge in [0.25, 0.3) is 11.8 Å². The number of aryl methyl sites for hydroxylation is 1. The Labute approximate surface area is 407 Å². The number of esters is 4. The first-order valence-electron chi connectivity index (χ1n) is 23.2. The molecule has 2 unspecified atom stereocenters. The van der Waals surface area contributed by atoms with Crippen molar-refractivity contribution in [3.63, 3.8) is 0 Å². The number of rotatable bonds is 18. The largest absolute Gasteiger partial charge is 0.462 e. The highest BCUT2D eigenvalue weighted by Gasteiger charge is 2.60. The van der Waals surface area contributed by atoms with Gasteiger partial charge in [0, 0.05) is 23.6 Å². The van der Waals surface area contributed by atoms with E-state index in [2.05, 4.69) is 23.8 Å². The molecule has 0 radical (unpaired) electrons. The third-order valence-corrected chi connectivity index (χ3v) is 13.9. The van der Waals surface area contributed by atoms with Crippen LogP contribution in [0.5, 0.6) is 0 Å². The normalized spacial score (nSPS) is 19.8. The first-order chi connectivity index (χ1) is 33.1. The average Bonchev–Trinajstić information content (AvgIpc) is 3.32. The topological polar surface area (TPSA) is 198 Å². The molecule has 0 saturated heterocycles. The predicted octanol–water partition coefficient (Wildman–Crippen LogP) is 8.89. The van der Waals surface area contributed by atoms with Gasteiger partial charge >= 0.3 is 23.9 Å². The molecule has 14 nitrogen and oxygen atoms in total. The van der Waals surface area contributed by atoms with Gasteiger partial charge in [0.05, 0.1) is 40.0 Å². The van der Waals surface area contributed by atoms with Gasteiger partial charge in [-0.05, 0) is 154 Å². The zero-order chi connectivity index (χ0) is 50.7. The molecule has 0 heterocycles. The van der Waals surface area contributed by atoms with E-state index in [0.717, 1.165) is 37.7 Å². The van der Waals surface area contributed by atoms with E-state index in [-0.39, 0.29) is 57.0 Å². The maximum Gasteiger partial charge on any atom is 0.339 e. The Kier molecular flexibility index (Phi) is 14.6. The maximum atomic E-state index is 14.3. The highest BCUT2D eigenvalue weighted by Crippen LogP contribution is 2.63. The van der Waals surface area contributed by atoms with Crippen LogP contribution in [0.3, 0.4) is 0 Å². The fraction of sp³-hybridized carbons (Fsp3) is 0.357. The van der Waals surface area contributed by atoms with Crippen LogP contribution < -0.4 is 10.6 Å². The lowest BCUT2D eigenvalue weighted by molar-refractivity contribution is -0.177. The number of carbonyl (C=O) groups is 8. The zero-order valence-electron chi connectivity index (χ0n) is 40.4. The number of carbonyl (C=O) groups excluding carboxylic acids is 8. The van der Waals surface area contributed by atoms with Gasteiger partial charge in [-0.15, -0.1) is 0 Å². The highest BCUT2D eigenvalue weighted by atomic mass is 16.6. The quantitative estimate of drug-likeness (QED) is 0.0547. The van der Waals surface area contributed by atoms with Gasteiger partial charge in [-0.25, -0.2) is 19.2 Å². The minimum atomic E-state index is -0.973. The number of nitrogens with one attached hydrogen (secondary N) is 2. The number of benzene rings is 4. The molecule has 0 aromatic heterocycles. The van der Waals surface area contributed by atoms with Crippen molar-refractivity contribution in [1.29, 1.82) is 0 Å². The van der Waals surface area contributed by atoms with Crippen molar-refractivity contribution < 1.29 is 57.3 Å². The van der Waals surface area contributed by atoms with Crippen LogP contribution >= 0.6 is 0 Å². The molecule has 4 aliphatic carbocycles. The van der Waals surface area contributed by atoms with Gasteiger partial charge in [-0.3, -0.25) is 19.2 Å². The number of Topliss-reactive ketones (excluding diaryl/α,β-unsaturated/α-hetero) is 2. The molecule has 14 heteroatoms. The second-order valence-electron chi connectivity index (χ2n) is 19.8. The van der Waals surface area contributed by atoms with E-state index in [1.807, 2.05) is 32.9 Å². The minimum absolute atomic E-state index is 0.0211. The number of ether oxygens (including phenoxy) is 4. The molecule has 0 spiro atoms. The van der Waals surface area contributed by atoms with Crippen LogP contribution in [0.1, 0.15) is 145 Å². The van der Waals surface area contributed by atoms with E-state index >= 15 is 0 Å². The third-order valence-electron chi connectivity index (χ3n) is 13.9. The Morgan fingerprint density at radius 3 is 1.60 bits per heavy atom. The highest BCUT2D eigenvalue weighted by molar-refractivity contribution is 6.12. The summed E-state index contributed by atoms with van der Waals surface area (Å²) in [6.07, 6.45) is 4.97. The first kappa shape index (κ1) is 50.4. The third kappa shape index (κ3) is 11.0. The van der Waals surface area contributed by atoms with Gasteiger partial charge in [0.15, 0.2) is 24.8 Å². The van der Waals surface area contributed by atoms with Crippen molar-refractivity contribution in [3.8, 4) is 0 Å². The van der Waals surface area contributed by atoms with Crippen LogP contribution in [-0.2, 0) is 34.0 Å². The Morgan fingerprint density at radius 1 is 0.614 bits per heavy atom. The Hall–Kier alpha value is -7.48. The maximum absolute atomic E-state index is 14.3. The van der Waals surface area contributed by atoms with Crippen LogP contribution in [0.4, 0.5) is 5.69 Å². The molecule has 2 amide bonds. The van der Waals surface area contributed by atoms with Crippen LogP contribution in [0.2, 0.25) is 0 Å². The molecule has 4 aromatic rings. The fourth-order valence-corrected chi connectivity index (χ4v) is 10.4. The summed E-state index contributed by atoms with van der Waals surface area (Å²) >= 11 is 0. The van der Waals surface area contributed by atoms with Gasteiger partial charge in [-0.1, -0.05) is 56.8 Å². The lowest BCUT2D eigenvalue weighted by Gasteiger charge is -2.60. The number of hydrogen-bond acceptors (Lipinski definition) is 12. The molecule has 4 fully saturated rings. The number of hydrogen-bond donors (Lipinski definition) is 2. The molecular weight excluding hydrogens is 893 g/mol. The lowest BCUT2D eigenvalue weighted by Crippen LogP contribution is -2.58. The Morgan fingerprint density at radius 2 is 1.10 bits per heavy atom. The summed E-state index contributed by atoms with van der Waals surface area (Å²) in [6, 6.07) is 22.6. The van der Waals surface area contributed by atoms with Crippen molar-refractivity contribution in [2.45, 2.75) is 84.2 Å². The summed E-state index contributed by atoms with van der Waals surface area (Å²) < 4.78 is 22.8. The predicted molar refractivity (Wildman–Crippen MR) is 260 cm³/mol. The standard InChI is InChI=1S/C56H58N2O12/c1-32(2)46(59)28-67-52(65)42-19-15-39(22-44(42)48(61)57-8)54(6,7)40-16-20-43(53(66)68-29-47(60)33(3)4)45(23-40)49(62)58-41-17-13-38(14-18-41)51(64)70-56-26-35-21-36(27-56)25-55(24-35,30-56)31-69-50(63)37-11-9-34(5)10-12-37/h9-20,22-23,35-36H,1,3,21,24-31H2,2,4-8H3,(H,57,61)(H,58,62). The number of ketones is 2. The van der Waals surface area contributed by atoms with Crippen molar-refractivity contribution in [3.05, 3.63) is 159 Å². The zero-order valence-corrected chi connectivity index (χ0v) is 40.4. The summed E-state index contributed by atoms with van der Waals surface area (Å²) in [7, 11) is 1.40. The van der Waals surface area contributed by atoms with Crippen LogP contribution in [0.15, 0.2) is 109 Å². The summed E-state index contributed by atoms with van der Waals surface area (Å²) in [4.78, 5) is 105. The average molecular weight is 951 g/mol. The number of amides is 2.